The van der Waals surface area contributed by atoms with Crippen molar-refractivity contribution in [2.45, 2.75) is 39.8 Å². The molecule has 0 saturated carbocycles. The fourth-order valence-electron chi connectivity index (χ4n) is 1.83. The summed E-state index contributed by atoms with van der Waals surface area (Å²) in [5.74, 6) is 0.543. The summed E-state index contributed by atoms with van der Waals surface area (Å²) in [5, 5.41) is 13.0. The van der Waals surface area contributed by atoms with Crippen molar-refractivity contribution in [3.8, 4) is 0 Å². The monoisotopic (exact) mass is 299 g/mol. The van der Waals surface area contributed by atoms with E-state index >= 15 is 0 Å². The van der Waals surface area contributed by atoms with Crippen molar-refractivity contribution >= 4 is 15.9 Å². The lowest BCUT2D eigenvalue weighted by molar-refractivity contribution is 0.146. The molecule has 0 bridgehead atoms. The lowest BCUT2D eigenvalue weighted by Crippen LogP contribution is -2.27. The Kier molecular flexibility index (Phi) is 6.17. The first-order valence-electron chi connectivity index (χ1n) is 6.13. The minimum Gasteiger partial charge on any atom is -0.392 e. The van der Waals surface area contributed by atoms with E-state index in [0.29, 0.717) is 12.5 Å². The molecule has 1 aromatic rings. The Hall–Kier alpha value is -0.380. The summed E-state index contributed by atoms with van der Waals surface area (Å²) in [4.78, 5) is 0. The number of nitrogens with one attached hydrogen (secondary N) is 1. The van der Waals surface area contributed by atoms with E-state index < -0.39 is 0 Å². The zero-order valence-corrected chi connectivity index (χ0v) is 12.4. The molecule has 0 aliphatic rings. The molecule has 1 rings (SSSR count). The van der Waals surface area contributed by atoms with E-state index in [0.717, 1.165) is 17.4 Å². The minimum atomic E-state index is -0.244. The Balaban J connectivity index is 2.33. The lowest BCUT2D eigenvalue weighted by Gasteiger charge is -2.14. The van der Waals surface area contributed by atoms with Crippen LogP contribution in [0, 0.1) is 12.8 Å². The fourth-order valence-corrected chi connectivity index (χ4v) is 2.07. The van der Waals surface area contributed by atoms with Crippen LogP contribution < -0.4 is 5.32 Å². The standard InChI is InChI=1S/C14H22BrNO/c1-10(2)6-13(17)9-16-8-12-4-5-14(15)11(3)7-12/h4-5,7,10,13,16-17H,6,8-9H2,1-3H3. The van der Waals surface area contributed by atoms with Gasteiger partial charge in [-0.1, -0.05) is 41.9 Å². The largest absolute Gasteiger partial charge is 0.392 e. The molecule has 1 aromatic carbocycles. The van der Waals surface area contributed by atoms with Crippen LogP contribution in [0.5, 0.6) is 0 Å². The van der Waals surface area contributed by atoms with Crippen LogP contribution in [0.1, 0.15) is 31.4 Å². The summed E-state index contributed by atoms with van der Waals surface area (Å²) in [6, 6.07) is 6.32. The van der Waals surface area contributed by atoms with E-state index in [-0.39, 0.29) is 6.10 Å². The number of aryl methyl sites for hydroxylation is 1. The number of aliphatic hydroxyl groups excluding tert-OH is 1. The van der Waals surface area contributed by atoms with Gasteiger partial charge in [0.1, 0.15) is 0 Å². The van der Waals surface area contributed by atoms with Gasteiger partial charge in [0.05, 0.1) is 6.10 Å². The normalized spacial score (nSPS) is 13.1. The second-order valence-electron chi connectivity index (χ2n) is 5.00. The molecule has 0 aromatic heterocycles. The molecule has 0 saturated heterocycles. The van der Waals surface area contributed by atoms with Crippen molar-refractivity contribution in [2.75, 3.05) is 6.54 Å². The van der Waals surface area contributed by atoms with Crippen molar-refractivity contribution in [1.29, 1.82) is 0 Å². The molecule has 2 N–H and O–H groups in total. The molecule has 0 spiro atoms. The molecule has 2 nitrogen and oxygen atoms in total. The average Bonchev–Trinajstić information content (AvgIpc) is 2.22. The third-order valence-electron chi connectivity index (χ3n) is 2.67. The van der Waals surface area contributed by atoms with Crippen LogP contribution in [0.4, 0.5) is 0 Å². The van der Waals surface area contributed by atoms with Crippen molar-refractivity contribution in [1.82, 2.24) is 5.32 Å². The first-order valence-corrected chi connectivity index (χ1v) is 6.92. The number of rotatable bonds is 6. The van der Waals surface area contributed by atoms with E-state index in [1.165, 1.54) is 11.1 Å². The van der Waals surface area contributed by atoms with Crippen molar-refractivity contribution in [2.24, 2.45) is 5.92 Å². The van der Waals surface area contributed by atoms with E-state index in [1.807, 2.05) is 0 Å². The molecule has 0 fully saturated rings. The second kappa shape index (κ2) is 7.14. The van der Waals surface area contributed by atoms with Crippen LogP contribution in [0.25, 0.3) is 0 Å². The Morgan fingerprint density at radius 2 is 2.06 bits per heavy atom. The second-order valence-corrected chi connectivity index (χ2v) is 5.85. The molecular weight excluding hydrogens is 278 g/mol. The predicted octanol–water partition coefficient (Wildman–Crippen LogP) is 3.25. The third kappa shape index (κ3) is 5.66. The summed E-state index contributed by atoms with van der Waals surface area (Å²) < 4.78 is 1.14. The Labute approximate surface area is 113 Å². The summed E-state index contributed by atoms with van der Waals surface area (Å²) >= 11 is 3.49. The molecule has 3 heteroatoms. The van der Waals surface area contributed by atoms with Gasteiger partial charge in [-0.15, -0.1) is 0 Å². The quantitative estimate of drug-likeness (QED) is 0.845. The van der Waals surface area contributed by atoms with E-state index in [2.05, 4.69) is 60.2 Å². The molecule has 0 aliphatic heterocycles. The maximum absolute atomic E-state index is 9.73. The van der Waals surface area contributed by atoms with Crippen molar-refractivity contribution in [3.05, 3.63) is 33.8 Å². The number of hydrogen-bond donors (Lipinski definition) is 2. The number of hydrogen-bond acceptors (Lipinski definition) is 2. The lowest BCUT2D eigenvalue weighted by atomic mass is 10.1. The van der Waals surface area contributed by atoms with Gasteiger partial charge in [0.2, 0.25) is 0 Å². The summed E-state index contributed by atoms with van der Waals surface area (Å²) in [7, 11) is 0. The Morgan fingerprint density at radius 3 is 2.65 bits per heavy atom. The third-order valence-corrected chi connectivity index (χ3v) is 3.56. The molecule has 17 heavy (non-hydrogen) atoms. The number of benzene rings is 1. The maximum Gasteiger partial charge on any atom is 0.0667 e. The smallest absolute Gasteiger partial charge is 0.0667 e. The van der Waals surface area contributed by atoms with Crippen molar-refractivity contribution in [3.63, 3.8) is 0 Å². The van der Waals surface area contributed by atoms with E-state index in [9.17, 15) is 5.11 Å². The van der Waals surface area contributed by atoms with E-state index in [1.54, 1.807) is 0 Å². The molecule has 0 heterocycles. The van der Waals surface area contributed by atoms with Crippen LogP contribution in [-0.4, -0.2) is 17.8 Å². The van der Waals surface area contributed by atoms with E-state index in [4.69, 9.17) is 0 Å². The Bertz CT molecular complexity index is 352. The topological polar surface area (TPSA) is 32.3 Å². The zero-order chi connectivity index (χ0) is 12.8. The molecule has 1 unspecified atom stereocenters. The van der Waals surface area contributed by atoms with Gasteiger partial charge in [-0.05, 0) is 36.5 Å². The summed E-state index contributed by atoms with van der Waals surface area (Å²) in [6.07, 6.45) is 0.610. The highest BCUT2D eigenvalue weighted by Gasteiger charge is 2.06. The molecule has 0 amide bonds. The van der Waals surface area contributed by atoms with Crippen LogP contribution in [0.2, 0.25) is 0 Å². The number of aliphatic hydroxyl groups is 1. The van der Waals surface area contributed by atoms with Crippen LogP contribution in [-0.2, 0) is 6.54 Å². The first kappa shape index (κ1) is 14.7. The van der Waals surface area contributed by atoms with Gasteiger partial charge in [0.15, 0.2) is 0 Å². The highest BCUT2D eigenvalue weighted by atomic mass is 79.9. The summed E-state index contributed by atoms with van der Waals surface area (Å²) in [5.41, 5.74) is 2.49. The molecule has 0 radical (unpaired) electrons. The minimum absolute atomic E-state index is 0.244. The average molecular weight is 300 g/mol. The highest BCUT2D eigenvalue weighted by molar-refractivity contribution is 9.10. The molecule has 1 atom stereocenters. The zero-order valence-electron chi connectivity index (χ0n) is 10.8. The van der Waals surface area contributed by atoms with Gasteiger partial charge in [-0.3, -0.25) is 0 Å². The summed E-state index contributed by atoms with van der Waals surface area (Å²) in [6.45, 7) is 7.81. The van der Waals surface area contributed by atoms with Gasteiger partial charge in [0, 0.05) is 17.6 Å². The van der Waals surface area contributed by atoms with Gasteiger partial charge in [0.25, 0.3) is 0 Å². The van der Waals surface area contributed by atoms with Gasteiger partial charge in [-0.25, -0.2) is 0 Å². The number of halogens is 1. The predicted molar refractivity (Wildman–Crippen MR) is 76.0 cm³/mol. The van der Waals surface area contributed by atoms with Gasteiger partial charge >= 0.3 is 0 Å². The maximum atomic E-state index is 9.73. The Morgan fingerprint density at radius 1 is 1.35 bits per heavy atom. The molecular formula is C14H22BrNO. The van der Waals surface area contributed by atoms with Crippen LogP contribution in [0.15, 0.2) is 22.7 Å². The van der Waals surface area contributed by atoms with Gasteiger partial charge < -0.3 is 10.4 Å². The molecule has 0 aliphatic carbocycles. The van der Waals surface area contributed by atoms with Crippen LogP contribution in [0.3, 0.4) is 0 Å². The highest BCUT2D eigenvalue weighted by Crippen LogP contribution is 2.16. The van der Waals surface area contributed by atoms with Crippen LogP contribution >= 0.6 is 15.9 Å². The SMILES string of the molecule is Cc1cc(CNCC(O)CC(C)C)ccc1Br. The van der Waals surface area contributed by atoms with Gasteiger partial charge in [-0.2, -0.15) is 0 Å². The fraction of sp³-hybridized carbons (Fsp3) is 0.571. The first-order chi connectivity index (χ1) is 7.99. The molecule has 96 valence electrons. The van der Waals surface area contributed by atoms with Crippen molar-refractivity contribution < 1.29 is 5.11 Å².